The average Bonchev–Trinajstić information content (AvgIpc) is 3.30. The van der Waals surface area contributed by atoms with Crippen molar-refractivity contribution < 1.29 is 9.29 Å². The van der Waals surface area contributed by atoms with E-state index < -0.39 is 0 Å². The van der Waals surface area contributed by atoms with Crippen molar-refractivity contribution >= 4 is 0 Å². The summed E-state index contributed by atoms with van der Waals surface area (Å²) in [5.41, 5.74) is 1.11. The minimum absolute atomic E-state index is 0.0868. The number of quaternary nitrogens is 1. The highest BCUT2D eigenvalue weighted by Crippen LogP contribution is 2.31. The molecule has 0 unspecified atom stereocenters. The molecular weight excluding hydrogens is 317 g/mol. The number of halogens is 1. The lowest BCUT2D eigenvalue weighted by Gasteiger charge is -2.33. The van der Waals surface area contributed by atoms with Crippen molar-refractivity contribution in [1.82, 2.24) is 20.2 Å². The first-order valence-electron chi connectivity index (χ1n) is 9.60. The van der Waals surface area contributed by atoms with Gasteiger partial charge in [-0.2, -0.15) is 0 Å². The first-order valence-corrected chi connectivity index (χ1v) is 9.60. The Labute approximate surface area is 148 Å². The fraction of sp³-hybridized carbons (Fsp3) is 0.632. The van der Waals surface area contributed by atoms with Crippen LogP contribution in [-0.2, 0) is 0 Å². The number of tetrazole rings is 1. The number of rotatable bonds is 4. The highest BCUT2D eigenvalue weighted by molar-refractivity contribution is 5.23. The maximum Gasteiger partial charge on any atom is 0.214 e. The fourth-order valence-electron chi connectivity index (χ4n) is 4.44. The quantitative estimate of drug-likeness (QED) is 0.926. The third-order valence-corrected chi connectivity index (χ3v) is 5.98. The Bertz CT molecular complexity index is 684. The van der Waals surface area contributed by atoms with Gasteiger partial charge in [0.15, 0.2) is 6.04 Å². The molecule has 1 aliphatic carbocycles. The van der Waals surface area contributed by atoms with Gasteiger partial charge in [0.2, 0.25) is 5.82 Å². The summed E-state index contributed by atoms with van der Waals surface area (Å²) < 4.78 is 15.5. The highest BCUT2D eigenvalue weighted by atomic mass is 19.1. The maximum atomic E-state index is 13.5. The molecule has 2 heterocycles. The number of hydrogen-bond acceptors (Lipinski definition) is 3. The van der Waals surface area contributed by atoms with Gasteiger partial charge in [-0.05, 0) is 66.3 Å². The van der Waals surface area contributed by atoms with Crippen LogP contribution in [0.25, 0.3) is 0 Å². The van der Waals surface area contributed by atoms with Gasteiger partial charge in [-0.3, -0.25) is 0 Å². The molecule has 25 heavy (non-hydrogen) atoms. The normalized spacial score (nSPS) is 26.0. The van der Waals surface area contributed by atoms with Crippen LogP contribution in [0, 0.1) is 11.7 Å². The van der Waals surface area contributed by atoms with Gasteiger partial charge in [-0.15, -0.1) is 5.10 Å². The van der Waals surface area contributed by atoms with E-state index in [1.165, 1.54) is 30.6 Å². The van der Waals surface area contributed by atoms with Gasteiger partial charge in [0.1, 0.15) is 5.82 Å². The Kier molecular flexibility index (Phi) is 4.79. The Morgan fingerprint density at radius 2 is 1.76 bits per heavy atom. The second-order valence-corrected chi connectivity index (χ2v) is 7.75. The predicted octanol–water partition coefficient (Wildman–Crippen LogP) is 2.33. The predicted molar refractivity (Wildman–Crippen MR) is 92.7 cm³/mol. The van der Waals surface area contributed by atoms with Crippen molar-refractivity contribution in [3.63, 3.8) is 0 Å². The molecule has 6 heteroatoms. The van der Waals surface area contributed by atoms with Crippen LogP contribution in [0.4, 0.5) is 4.39 Å². The lowest BCUT2D eigenvalue weighted by molar-refractivity contribution is -0.932. The van der Waals surface area contributed by atoms with Crippen LogP contribution >= 0.6 is 0 Å². The summed E-state index contributed by atoms with van der Waals surface area (Å²) in [6.07, 6.45) is 7.25. The summed E-state index contributed by atoms with van der Waals surface area (Å²) in [5, 5.41) is 12.8. The summed E-state index contributed by atoms with van der Waals surface area (Å²) in [6.45, 7) is 4.55. The third kappa shape index (κ3) is 3.45. The van der Waals surface area contributed by atoms with Gasteiger partial charge >= 0.3 is 0 Å². The first kappa shape index (κ1) is 16.6. The zero-order chi connectivity index (χ0) is 17.2. The Hall–Kier alpha value is -1.82. The number of piperidine rings is 1. The number of benzene rings is 1. The number of aromatic nitrogens is 4. The number of likely N-dealkylation sites (tertiary alicyclic amines) is 1. The molecule has 0 amide bonds. The van der Waals surface area contributed by atoms with Crippen molar-refractivity contribution in [2.45, 2.75) is 57.5 Å². The first-order chi connectivity index (χ1) is 12.2. The molecule has 2 aliphatic rings. The zero-order valence-electron chi connectivity index (χ0n) is 14.9. The molecule has 1 N–H and O–H groups in total. The maximum absolute atomic E-state index is 13.5. The number of nitrogens with zero attached hydrogens (tertiary/aromatic N) is 4. The largest absolute Gasteiger partial charge is 0.322 e. The van der Waals surface area contributed by atoms with E-state index in [0.29, 0.717) is 6.04 Å². The molecule has 134 valence electrons. The average molecular weight is 344 g/mol. The molecular formula is C19H27FN5+. The molecule has 1 aromatic heterocycles. The molecule has 1 aliphatic heterocycles. The van der Waals surface area contributed by atoms with Crippen molar-refractivity contribution in [2.24, 2.45) is 5.92 Å². The molecule has 0 radical (unpaired) electrons. The van der Waals surface area contributed by atoms with Crippen LogP contribution in [0.3, 0.4) is 0 Å². The highest BCUT2D eigenvalue weighted by Gasteiger charge is 2.35. The van der Waals surface area contributed by atoms with Crippen LogP contribution in [0.1, 0.15) is 68.9 Å². The standard InChI is InChI=1S/C19H26FN5/c1-14-10-12-24(13-11-14)18(15-6-8-16(20)9-7-15)19-21-22-23-25(19)17-4-2-3-5-17/h6-9,14,17-18H,2-5,10-13H2,1H3/p+1/t18-/m0/s1. The molecule has 0 spiro atoms. The van der Waals surface area contributed by atoms with Gasteiger partial charge < -0.3 is 4.90 Å². The smallest absolute Gasteiger partial charge is 0.214 e. The molecule has 5 nitrogen and oxygen atoms in total. The Morgan fingerprint density at radius 3 is 2.44 bits per heavy atom. The van der Waals surface area contributed by atoms with Crippen molar-refractivity contribution in [2.75, 3.05) is 13.1 Å². The van der Waals surface area contributed by atoms with Gasteiger partial charge in [-0.25, -0.2) is 9.07 Å². The second-order valence-electron chi connectivity index (χ2n) is 7.75. The molecule has 1 saturated carbocycles. The molecule has 0 bridgehead atoms. The van der Waals surface area contributed by atoms with E-state index in [1.54, 1.807) is 12.1 Å². The zero-order valence-corrected chi connectivity index (χ0v) is 14.9. The molecule has 2 fully saturated rings. The SMILES string of the molecule is CC1CC[NH+]([C@@H](c2ccc(F)cc2)c2nnnn2C2CCCC2)CC1. The Balaban J connectivity index is 1.70. The lowest BCUT2D eigenvalue weighted by Crippen LogP contribution is -3.13. The molecule has 4 rings (SSSR count). The van der Waals surface area contributed by atoms with Crippen molar-refractivity contribution in [3.05, 3.63) is 41.5 Å². The summed E-state index contributed by atoms with van der Waals surface area (Å²) >= 11 is 0. The van der Waals surface area contributed by atoms with Crippen LogP contribution in [-0.4, -0.2) is 33.3 Å². The van der Waals surface area contributed by atoms with Crippen LogP contribution in [0.5, 0.6) is 0 Å². The monoisotopic (exact) mass is 344 g/mol. The van der Waals surface area contributed by atoms with Crippen molar-refractivity contribution in [3.8, 4) is 0 Å². The van der Waals surface area contributed by atoms with E-state index in [9.17, 15) is 4.39 Å². The van der Waals surface area contributed by atoms with Gasteiger partial charge in [0, 0.05) is 5.56 Å². The molecule has 1 aromatic carbocycles. The van der Waals surface area contributed by atoms with Gasteiger partial charge in [0.25, 0.3) is 0 Å². The van der Waals surface area contributed by atoms with Crippen LogP contribution < -0.4 is 4.90 Å². The third-order valence-electron chi connectivity index (χ3n) is 5.98. The number of nitrogens with one attached hydrogen (secondary N) is 1. The van der Waals surface area contributed by atoms with E-state index in [-0.39, 0.29) is 11.9 Å². The summed E-state index contributed by atoms with van der Waals surface area (Å²) in [5.74, 6) is 1.53. The topological polar surface area (TPSA) is 48.0 Å². The van der Waals surface area contributed by atoms with Crippen LogP contribution in [0.2, 0.25) is 0 Å². The van der Waals surface area contributed by atoms with E-state index in [2.05, 4.69) is 27.1 Å². The minimum atomic E-state index is -0.194. The molecule has 2 aromatic rings. The number of hydrogen-bond donors (Lipinski definition) is 1. The molecule has 1 atom stereocenters. The fourth-order valence-corrected chi connectivity index (χ4v) is 4.44. The van der Waals surface area contributed by atoms with E-state index in [4.69, 9.17) is 0 Å². The van der Waals surface area contributed by atoms with E-state index >= 15 is 0 Å². The second kappa shape index (κ2) is 7.20. The van der Waals surface area contributed by atoms with Crippen LogP contribution in [0.15, 0.2) is 24.3 Å². The minimum Gasteiger partial charge on any atom is -0.322 e. The summed E-state index contributed by atoms with van der Waals surface area (Å²) in [7, 11) is 0. The Morgan fingerprint density at radius 1 is 1.08 bits per heavy atom. The molecule has 1 saturated heterocycles. The van der Waals surface area contributed by atoms with E-state index in [0.717, 1.165) is 43.2 Å². The van der Waals surface area contributed by atoms with E-state index in [1.807, 2.05) is 12.1 Å². The van der Waals surface area contributed by atoms with Gasteiger partial charge in [0.05, 0.1) is 19.1 Å². The van der Waals surface area contributed by atoms with Crippen molar-refractivity contribution in [1.29, 1.82) is 0 Å². The summed E-state index contributed by atoms with van der Waals surface area (Å²) in [6, 6.07) is 7.41. The summed E-state index contributed by atoms with van der Waals surface area (Å²) in [4.78, 5) is 1.50. The lowest BCUT2D eigenvalue weighted by atomic mass is 9.95. The van der Waals surface area contributed by atoms with Gasteiger partial charge in [-0.1, -0.05) is 19.8 Å².